The number of hydrogen-bond acceptors (Lipinski definition) is 8. The molecule has 1 aliphatic rings. The van der Waals surface area contributed by atoms with E-state index in [-0.39, 0.29) is 18.8 Å². The number of carboxylic acids is 1. The van der Waals surface area contributed by atoms with Gasteiger partial charge in [0.1, 0.15) is 24.4 Å². The number of carbonyl (C=O) groups is 2. The summed E-state index contributed by atoms with van der Waals surface area (Å²) in [6.45, 7) is 4.90. The van der Waals surface area contributed by atoms with Gasteiger partial charge in [0.2, 0.25) is 5.91 Å². The maximum absolute atomic E-state index is 13.1. The Labute approximate surface area is 213 Å². The van der Waals surface area contributed by atoms with Crippen molar-refractivity contribution < 1.29 is 48.7 Å². The van der Waals surface area contributed by atoms with Crippen LogP contribution in [0.2, 0.25) is 0 Å². The summed E-state index contributed by atoms with van der Waals surface area (Å²) < 4.78 is 23.0. The molecule has 8 atom stereocenters. The van der Waals surface area contributed by atoms with E-state index in [0.29, 0.717) is 5.56 Å². The lowest BCUT2D eigenvalue weighted by Crippen LogP contribution is -2.57. The smallest absolute Gasteiger partial charge is 0.406 e. The third kappa shape index (κ3) is 7.37. The Morgan fingerprint density at radius 1 is 1.14 bits per heavy atom. The SMILES string of the molecule is CC(C)C[C@H](NP(=O)(O)O[C@@H]1O[C@H](C)[C@H](O)[C@H](O)[C@@H]1O)C(=O)N[C@@H](Cc1c[nH]c2ccccc12)C(=O)O. The number of amides is 1. The zero-order chi connectivity index (χ0) is 27.5. The van der Waals surface area contributed by atoms with Crippen molar-refractivity contribution in [1.82, 2.24) is 15.4 Å². The molecule has 3 rings (SSSR count). The second kappa shape index (κ2) is 12.0. The van der Waals surface area contributed by atoms with Gasteiger partial charge in [-0.3, -0.25) is 9.32 Å². The fourth-order valence-electron chi connectivity index (χ4n) is 4.15. The molecule has 1 aromatic carbocycles. The van der Waals surface area contributed by atoms with Gasteiger partial charge in [-0.05, 0) is 30.9 Å². The molecular formula is C23H34N3O10P. The van der Waals surface area contributed by atoms with Crippen LogP contribution in [0.25, 0.3) is 10.9 Å². The Balaban J connectivity index is 1.72. The molecule has 1 aliphatic heterocycles. The lowest BCUT2D eigenvalue weighted by molar-refractivity contribution is -0.270. The summed E-state index contributed by atoms with van der Waals surface area (Å²) in [6.07, 6.45) is -6.08. The van der Waals surface area contributed by atoms with E-state index in [9.17, 15) is 39.5 Å². The summed E-state index contributed by atoms with van der Waals surface area (Å²) >= 11 is 0. The molecule has 13 nitrogen and oxygen atoms in total. The number of ether oxygens (including phenoxy) is 1. The minimum atomic E-state index is -4.83. The summed E-state index contributed by atoms with van der Waals surface area (Å²) in [4.78, 5) is 38.5. The van der Waals surface area contributed by atoms with Gasteiger partial charge in [-0.1, -0.05) is 32.0 Å². The van der Waals surface area contributed by atoms with E-state index < -0.39 is 62.4 Å². The highest BCUT2D eigenvalue weighted by Crippen LogP contribution is 2.42. The number of nitrogens with one attached hydrogen (secondary N) is 3. The van der Waals surface area contributed by atoms with E-state index in [1.165, 1.54) is 6.92 Å². The number of aliphatic hydroxyl groups excluding tert-OH is 3. The molecule has 0 radical (unpaired) electrons. The predicted octanol–water partition coefficient (Wildman–Crippen LogP) is 0.229. The van der Waals surface area contributed by atoms with Crippen LogP contribution >= 0.6 is 7.75 Å². The normalized spacial score (nSPS) is 27.5. The number of benzene rings is 1. The average Bonchev–Trinajstić information content (AvgIpc) is 3.22. The van der Waals surface area contributed by atoms with Gasteiger partial charge in [0.25, 0.3) is 0 Å². The minimum absolute atomic E-state index is 0.0347. The highest BCUT2D eigenvalue weighted by atomic mass is 31.2. The van der Waals surface area contributed by atoms with Crippen LogP contribution in [0.5, 0.6) is 0 Å². The maximum atomic E-state index is 13.1. The highest BCUT2D eigenvalue weighted by molar-refractivity contribution is 7.50. The maximum Gasteiger partial charge on any atom is 0.406 e. The molecule has 1 saturated heterocycles. The number of hydrogen-bond donors (Lipinski definition) is 8. The second-order valence-electron chi connectivity index (χ2n) is 9.58. The lowest BCUT2D eigenvalue weighted by Gasteiger charge is -2.39. The number of aliphatic carboxylic acids is 1. The molecule has 1 fully saturated rings. The Bertz CT molecular complexity index is 1140. The molecule has 2 aromatic rings. The van der Waals surface area contributed by atoms with Crippen molar-refractivity contribution in [2.75, 3.05) is 0 Å². The van der Waals surface area contributed by atoms with E-state index in [4.69, 9.17) is 9.26 Å². The minimum Gasteiger partial charge on any atom is -0.480 e. The Hall–Kier alpha value is -2.35. The van der Waals surface area contributed by atoms with E-state index in [1.54, 1.807) is 20.0 Å². The quantitative estimate of drug-likeness (QED) is 0.180. The van der Waals surface area contributed by atoms with Gasteiger partial charge < -0.3 is 40.4 Å². The van der Waals surface area contributed by atoms with Gasteiger partial charge in [-0.2, -0.15) is 0 Å². The third-order valence-electron chi connectivity index (χ3n) is 6.11. The number of carboxylic acid groups (broad SMARTS) is 1. The number of aromatic amines is 1. The molecule has 1 aromatic heterocycles. The summed E-state index contributed by atoms with van der Waals surface area (Å²) in [5, 5.41) is 45.0. The number of carbonyl (C=O) groups excluding carboxylic acids is 1. The van der Waals surface area contributed by atoms with E-state index in [1.807, 2.05) is 24.3 Å². The Morgan fingerprint density at radius 3 is 2.46 bits per heavy atom. The van der Waals surface area contributed by atoms with Crippen LogP contribution in [0, 0.1) is 5.92 Å². The first-order valence-corrected chi connectivity index (χ1v) is 13.4. The zero-order valence-corrected chi connectivity index (χ0v) is 21.5. The number of aliphatic hydroxyl groups is 3. The van der Waals surface area contributed by atoms with Crippen molar-refractivity contribution in [3.05, 3.63) is 36.0 Å². The van der Waals surface area contributed by atoms with Crippen molar-refractivity contribution >= 4 is 30.5 Å². The topological polar surface area (TPSA) is 211 Å². The largest absolute Gasteiger partial charge is 0.480 e. The molecule has 0 saturated carbocycles. The molecular weight excluding hydrogens is 509 g/mol. The van der Waals surface area contributed by atoms with Gasteiger partial charge in [-0.15, -0.1) is 0 Å². The van der Waals surface area contributed by atoms with E-state index in [2.05, 4.69) is 15.4 Å². The number of H-pyrrole nitrogens is 1. The molecule has 2 heterocycles. The molecule has 14 heteroatoms. The number of fused-ring (bicyclic) bond motifs is 1. The van der Waals surface area contributed by atoms with Crippen LogP contribution in [-0.2, 0) is 29.8 Å². The van der Waals surface area contributed by atoms with Gasteiger partial charge in [0, 0.05) is 23.5 Å². The van der Waals surface area contributed by atoms with Crippen LogP contribution in [0.4, 0.5) is 0 Å². The Morgan fingerprint density at radius 2 is 1.81 bits per heavy atom. The molecule has 8 N–H and O–H groups in total. The summed E-state index contributed by atoms with van der Waals surface area (Å²) in [5.41, 5.74) is 1.48. The van der Waals surface area contributed by atoms with Gasteiger partial charge in [-0.25, -0.2) is 14.4 Å². The van der Waals surface area contributed by atoms with Crippen LogP contribution in [-0.4, -0.2) is 85.0 Å². The van der Waals surface area contributed by atoms with E-state index >= 15 is 0 Å². The van der Waals surface area contributed by atoms with Gasteiger partial charge in [0.15, 0.2) is 6.29 Å². The fraction of sp³-hybridized carbons (Fsp3) is 0.565. The number of rotatable bonds is 11. The van der Waals surface area contributed by atoms with Crippen molar-refractivity contribution in [2.45, 2.75) is 76.4 Å². The van der Waals surface area contributed by atoms with Crippen LogP contribution in [0.3, 0.4) is 0 Å². The van der Waals surface area contributed by atoms with Crippen molar-refractivity contribution in [3.8, 4) is 0 Å². The number of para-hydroxylation sites is 1. The first kappa shape index (κ1) is 29.2. The average molecular weight is 544 g/mol. The second-order valence-corrected chi connectivity index (χ2v) is 11.1. The van der Waals surface area contributed by atoms with Crippen LogP contribution in [0.1, 0.15) is 32.8 Å². The van der Waals surface area contributed by atoms with Crippen LogP contribution < -0.4 is 10.4 Å². The first-order valence-electron chi connectivity index (χ1n) is 11.9. The summed E-state index contributed by atoms with van der Waals surface area (Å²) in [5.74, 6) is -2.27. The van der Waals surface area contributed by atoms with E-state index in [0.717, 1.165) is 10.9 Å². The first-order chi connectivity index (χ1) is 17.3. The van der Waals surface area contributed by atoms with Crippen molar-refractivity contribution in [1.29, 1.82) is 0 Å². The molecule has 0 aliphatic carbocycles. The fourth-order valence-corrected chi connectivity index (χ4v) is 5.28. The predicted molar refractivity (Wildman–Crippen MR) is 131 cm³/mol. The summed E-state index contributed by atoms with van der Waals surface area (Å²) in [6, 6.07) is 4.63. The standard InChI is InChI=1S/C23H34N3O10P/c1-11(2)8-16(26-37(33,34)36-23-20(29)19(28)18(27)12(3)35-23)21(30)25-17(22(31)32)9-13-10-24-15-7-5-4-6-14(13)15/h4-7,10-12,16-20,23-24,27-29H,8-9H2,1-3H3,(H,25,30)(H,31,32)(H2,26,33,34)/t12-,16+,17+,18+,19+,20+,23+/m1/s1. The van der Waals surface area contributed by atoms with Crippen LogP contribution in [0.15, 0.2) is 30.5 Å². The van der Waals surface area contributed by atoms with Gasteiger partial charge >= 0.3 is 13.7 Å². The molecule has 206 valence electrons. The molecule has 1 unspecified atom stereocenters. The van der Waals surface area contributed by atoms with Crippen molar-refractivity contribution in [3.63, 3.8) is 0 Å². The molecule has 0 spiro atoms. The zero-order valence-electron chi connectivity index (χ0n) is 20.6. The van der Waals surface area contributed by atoms with Crippen molar-refractivity contribution in [2.24, 2.45) is 5.92 Å². The summed E-state index contributed by atoms with van der Waals surface area (Å²) in [7, 11) is -4.83. The highest BCUT2D eigenvalue weighted by Gasteiger charge is 2.45. The van der Waals surface area contributed by atoms with Gasteiger partial charge in [0.05, 0.1) is 12.1 Å². The molecule has 37 heavy (non-hydrogen) atoms. The Kier molecular flexibility index (Phi) is 9.48. The lowest BCUT2D eigenvalue weighted by atomic mass is 10.0. The third-order valence-corrected chi connectivity index (χ3v) is 7.24. The molecule has 1 amide bonds. The monoisotopic (exact) mass is 543 g/mol. The number of aromatic nitrogens is 1. The molecule has 0 bridgehead atoms.